The van der Waals surface area contributed by atoms with Crippen molar-refractivity contribution in [1.82, 2.24) is 0 Å². The highest BCUT2D eigenvalue weighted by Gasteiger charge is 2.10. The SMILES string of the molecule is CSCCCS(=O)(=O)CCC(C)N. The maximum atomic E-state index is 11.3. The lowest BCUT2D eigenvalue weighted by molar-refractivity contribution is 0.586. The van der Waals surface area contributed by atoms with Gasteiger partial charge in [-0.2, -0.15) is 11.8 Å². The fraction of sp³-hybridized carbons (Fsp3) is 1.00. The zero-order valence-electron chi connectivity index (χ0n) is 8.32. The second kappa shape index (κ2) is 6.68. The molecular weight excluding hydrogens is 206 g/mol. The summed E-state index contributed by atoms with van der Waals surface area (Å²) in [5.41, 5.74) is 5.49. The number of hydrogen-bond donors (Lipinski definition) is 1. The largest absolute Gasteiger partial charge is 0.328 e. The molecule has 0 aliphatic carbocycles. The molecule has 0 spiro atoms. The molecule has 2 N–H and O–H groups in total. The molecule has 0 amide bonds. The maximum absolute atomic E-state index is 11.3. The third kappa shape index (κ3) is 8.59. The molecule has 80 valence electrons. The van der Waals surface area contributed by atoms with Crippen molar-refractivity contribution in [1.29, 1.82) is 0 Å². The summed E-state index contributed by atoms with van der Waals surface area (Å²) in [7, 11) is -2.84. The van der Waals surface area contributed by atoms with E-state index < -0.39 is 9.84 Å². The molecule has 0 bridgehead atoms. The first-order chi connectivity index (χ1) is 5.98. The number of hydrogen-bond acceptors (Lipinski definition) is 4. The molecule has 0 aliphatic heterocycles. The average molecular weight is 225 g/mol. The van der Waals surface area contributed by atoms with Crippen molar-refractivity contribution in [3.05, 3.63) is 0 Å². The number of rotatable bonds is 7. The lowest BCUT2D eigenvalue weighted by Gasteiger charge is -2.05. The molecule has 0 aliphatic rings. The molecule has 0 rings (SSSR count). The van der Waals surface area contributed by atoms with Crippen LogP contribution in [0, 0.1) is 0 Å². The van der Waals surface area contributed by atoms with Gasteiger partial charge in [0.15, 0.2) is 0 Å². The molecule has 0 saturated heterocycles. The highest BCUT2D eigenvalue weighted by Crippen LogP contribution is 2.02. The van der Waals surface area contributed by atoms with Crippen LogP contribution in [0.1, 0.15) is 19.8 Å². The Balaban J connectivity index is 3.68. The van der Waals surface area contributed by atoms with Gasteiger partial charge < -0.3 is 5.73 Å². The summed E-state index contributed by atoms with van der Waals surface area (Å²) in [4.78, 5) is 0. The van der Waals surface area contributed by atoms with Gasteiger partial charge in [0, 0.05) is 6.04 Å². The van der Waals surface area contributed by atoms with E-state index in [1.807, 2.05) is 13.2 Å². The monoisotopic (exact) mass is 225 g/mol. The second-order valence-electron chi connectivity index (χ2n) is 3.26. The van der Waals surface area contributed by atoms with Gasteiger partial charge in [0.05, 0.1) is 11.5 Å². The molecule has 0 aromatic heterocycles. The quantitative estimate of drug-likeness (QED) is 0.654. The van der Waals surface area contributed by atoms with E-state index in [9.17, 15) is 8.42 Å². The molecule has 13 heavy (non-hydrogen) atoms. The van der Waals surface area contributed by atoms with Crippen LogP contribution in [0.5, 0.6) is 0 Å². The van der Waals surface area contributed by atoms with Crippen LogP contribution < -0.4 is 5.73 Å². The van der Waals surface area contributed by atoms with Crippen molar-refractivity contribution in [3.8, 4) is 0 Å². The van der Waals surface area contributed by atoms with E-state index in [4.69, 9.17) is 5.73 Å². The van der Waals surface area contributed by atoms with Gasteiger partial charge in [-0.3, -0.25) is 0 Å². The fourth-order valence-corrected chi connectivity index (χ4v) is 3.03. The summed E-state index contributed by atoms with van der Waals surface area (Å²) >= 11 is 1.68. The van der Waals surface area contributed by atoms with Crippen LogP contribution in [0.25, 0.3) is 0 Å². The first-order valence-electron chi connectivity index (χ1n) is 4.43. The maximum Gasteiger partial charge on any atom is 0.150 e. The third-order valence-corrected chi connectivity index (χ3v) is 4.15. The van der Waals surface area contributed by atoms with E-state index >= 15 is 0 Å². The van der Waals surface area contributed by atoms with E-state index in [1.165, 1.54) is 0 Å². The zero-order chi connectivity index (χ0) is 10.3. The van der Waals surface area contributed by atoms with Crippen molar-refractivity contribution in [2.45, 2.75) is 25.8 Å². The molecule has 0 aromatic carbocycles. The molecule has 1 atom stereocenters. The van der Waals surface area contributed by atoms with Gasteiger partial charge in [-0.1, -0.05) is 0 Å². The molecule has 5 heteroatoms. The highest BCUT2D eigenvalue weighted by atomic mass is 32.2. The molecule has 3 nitrogen and oxygen atoms in total. The second-order valence-corrected chi connectivity index (χ2v) is 6.55. The normalized spacial score (nSPS) is 14.4. The zero-order valence-corrected chi connectivity index (χ0v) is 9.96. The smallest absolute Gasteiger partial charge is 0.150 e. The molecule has 0 heterocycles. The predicted molar refractivity (Wildman–Crippen MR) is 59.9 cm³/mol. The summed E-state index contributed by atoms with van der Waals surface area (Å²) in [6.45, 7) is 1.83. The Morgan fingerprint density at radius 2 is 2.00 bits per heavy atom. The Morgan fingerprint density at radius 3 is 2.46 bits per heavy atom. The van der Waals surface area contributed by atoms with Crippen LogP contribution >= 0.6 is 11.8 Å². The Kier molecular flexibility index (Phi) is 6.81. The fourth-order valence-electron chi connectivity index (χ4n) is 0.891. The summed E-state index contributed by atoms with van der Waals surface area (Å²) in [5, 5.41) is 0. The van der Waals surface area contributed by atoms with Crippen LogP contribution in [-0.4, -0.2) is 38.0 Å². The van der Waals surface area contributed by atoms with Gasteiger partial charge in [0.1, 0.15) is 9.84 Å². The molecule has 0 aromatic rings. The summed E-state index contributed by atoms with van der Waals surface area (Å²) in [5.74, 6) is 1.46. The van der Waals surface area contributed by atoms with E-state index in [0.717, 1.165) is 12.2 Å². The third-order valence-electron chi connectivity index (χ3n) is 1.69. The summed E-state index contributed by atoms with van der Waals surface area (Å²) in [6, 6.07) is -0.0182. The average Bonchev–Trinajstić information content (AvgIpc) is 2.02. The Hall–Kier alpha value is 0.260. The molecule has 0 radical (unpaired) electrons. The van der Waals surface area contributed by atoms with Crippen LogP contribution in [-0.2, 0) is 9.84 Å². The summed E-state index contributed by atoms with van der Waals surface area (Å²) in [6.07, 6.45) is 3.30. The van der Waals surface area contributed by atoms with Crippen LogP contribution in [0.15, 0.2) is 0 Å². The lowest BCUT2D eigenvalue weighted by Crippen LogP contribution is -2.21. The van der Waals surface area contributed by atoms with Crippen LogP contribution in [0.4, 0.5) is 0 Å². The van der Waals surface area contributed by atoms with Gasteiger partial charge >= 0.3 is 0 Å². The van der Waals surface area contributed by atoms with Crippen LogP contribution in [0.3, 0.4) is 0 Å². The van der Waals surface area contributed by atoms with Crippen LogP contribution in [0.2, 0.25) is 0 Å². The molecule has 1 unspecified atom stereocenters. The van der Waals surface area contributed by atoms with Gasteiger partial charge in [0.25, 0.3) is 0 Å². The first kappa shape index (κ1) is 13.3. The van der Waals surface area contributed by atoms with E-state index in [0.29, 0.717) is 12.2 Å². The number of sulfone groups is 1. The van der Waals surface area contributed by atoms with Gasteiger partial charge in [-0.05, 0) is 31.8 Å². The Bertz CT molecular complexity index is 212. The van der Waals surface area contributed by atoms with Crippen molar-refractivity contribution in [2.24, 2.45) is 5.73 Å². The van der Waals surface area contributed by atoms with E-state index in [2.05, 4.69) is 0 Å². The molecule has 0 fully saturated rings. The number of nitrogens with two attached hydrogens (primary N) is 1. The van der Waals surface area contributed by atoms with Crippen molar-refractivity contribution < 1.29 is 8.42 Å². The van der Waals surface area contributed by atoms with E-state index in [1.54, 1.807) is 11.8 Å². The highest BCUT2D eigenvalue weighted by molar-refractivity contribution is 7.98. The van der Waals surface area contributed by atoms with Crippen molar-refractivity contribution in [2.75, 3.05) is 23.5 Å². The number of thioether (sulfide) groups is 1. The minimum atomic E-state index is -2.84. The first-order valence-corrected chi connectivity index (χ1v) is 7.64. The summed E-state index contributed by atoms with van der Waals surface area (Å²) < 4.78 is 22.7. The topological polar surface area (TPSA) is 60.2 Å². The minimum absolute atomic E-state index is 0.0182. The van der Waals surface area contributed by atoms with Crippen molar-refractivity contribution in [3.63, 3.8) is 0 Å². The Labute approximate surface area is 85.4 Å². The Morgan fingerprint density at radius 1 is 1.38 bits per heavy atom. The van der Waals surface area contributed by atoms with Gasteiger partial charge in [-0.25, -0.2) is 8.42 Å². The molecular formula is C8H19NO2S2. The predicted octanol–water partition coefficient (Wildman–Crippen LogP) is 0.892. The minimum Gasteiger partial charge on any atom is -0.328 e. The van der Waals surface area contributed by atoms with Gasteiger partial charge in [0.2, 0.25) is 0 Å². The van der Waals surface area contributed by atoms with Gasteiger partial charge in [-0.15, -0.1) is 0 Å². The van der Waals surface area contributed by atoms with E-state index in [-0.39, 0.29) is 11.8 Å². The molecule has 0 saturated carbocycles. The lowest BCUT2D eigenvalue weighted by atomic mass is 10.3. The standard InChI is InChI=1S/C8H19NO2S2/c1-8(9)4-7-13(10,11)6-3-5-12-2/h8H,3-7,9H2,1-2H3. The van der Waals surface area contributed by atoms with Crippen molar-refractivity contribution >= 4 is 21.6 Å².